The zero-order valence-electron chi connectivity index (χ0n) is 12.3. The molecular formula is C16H26N2O2. The Bertz CT molecular complexity index is 362. The van der Waals surface area contributed by atoms with E-state index in [2.05, 4.69) is 5.32 Å². The lowest BCUT2D eigenvalue weighted by Gasteiger charge is -2.42. The minimum atomic E-state index is 0.0223. The van der Waals surface area contributed by atoms with E-state index in [0.717, 1.165) is 25.8 Å². The number of likely N-dealkylation sites (tertiary alicyclic amines) is 1. The molecule has 0 aromatic rings. The maximum Gasteiger partial charge on any atom is 0.229 e. The molecule has 20 heavy (non-hydrogen) atoms. The fourth-order valence-corrected chi connectivity index (χ4v) is 4.23. The van der Waals surface area contributed by atoms with Crippen LogP contribution in [0.1, 0.15) is 64.2 Å². The first-order chi connectivity index (χ1) is 9.69. The molecule has 1 aliphatic carbocycles. The van der Waals surface area contributed by atoms with Crippen LogP contribution in [0, 0.1) is 5.41 Å². The second kappa shape index (κ2) is 5.84. The number of nitrogens with zero attached hydrogens (tertiary/aromatic N) is 1. The van der Waals surface area contributed by atoms with Crippen LogP contribution in [0.2, 0.25) is 0 Å². The molecule has 2 aliphatic heterocycles. The number of hydrogen-bond acceptors (Lipinski definition) is 3. The molecule has 1 unspecified atom stereocenters. The Hall–Kier alpha value is -0.900. The Morgan fingerprint density at radius 3 is 2.35 bits per heavy atom. The quantitative estimate of drug-likeness (QED) is 0.805. The number of imide groups is 1. The van der Waals surface area contributed by atoms with E-state index in [-0.39, 0.29) is 17.2 Å². The van der Waals surface area contributed by atoms with Gasteiger partial charge in [0.15, 0.2) is 0 Å². The second-order valence-electron chi connectivity index (χ2n) is 6.94. The number of amides is 2. The smallest absolute Gasteiger partial charge is 0.229 e. The molecule has 2 amide bonds. The zero-order valence-corrected chi connectivity index (χ0v) is 12.3. The summed E-state index contributed by atoms with van der Waals surface area (Å²) in [5.74, 6) is 0.169. The zero-order chi connectivity index (χ0) is 14.0. The number of piperidine rings is 1. The van der Waals surface area contributed by atoms with Crippen LogP contribution in [-0.2, 0) is 9.59 Å². The van der Waals surface area contributed by atoms with Crippen molar-refractivity contribution in [3.8, 4) is 0 Å². The van der Waals surface area contributed by atoms with E-state index in [0.29, 0.717) is 25.4 Å². The van der Waals surface area contributed by atoms with Crippen molar-refractivity contribution in [2.75, 3.05) is 13.1 Å². The summed E-state index contributed by atoms with van der Waals surface area (Å²) in [6.45, 7) is 1.70. The molecule has 0 aromatic carbocycles. The van der Waals surface area contributed by atoms with E-state index in [4.69, 9.17) is 0 Å². The van der Waals surface area contributed by atoms with Crippen molar-refractivity contribution in [1.82, 2.24) is 10.2 Å². The van der Waals surface area contributed by atoms with Crippen molar-refractivity contribution in [2.24, 2.45) is 5.41 Å². The summed E-state index contributed by atoms with van der Waals surface area (Å²) in [7, 11) is 0. The summed E-state index contributed by atoms with van der Waals surface area (Å²) in [5, 5.41) is 3.43. The fourth-order valence-electron chi connectivity index (χ4n) is 4.23. The summed E-state index contributed by atoms with van der Waals surface area (Å²) >= 11 is 0. The van der Waals surface area contributed by atoms with Gasteiger partial charge in [-0.3, -0.25) is 14.5 Å². The predicted molar refractivity (Wildman–Crippen MR) is 77.1 cm³/mol. The van der Waals surface area contributed by atoms with Gasteiger partial charge in [0.2, 0.25) is 11.8 Å². The number of carbonyl (C=O) groups is 2. The van der Waals surface area contributed by atoms with E-state index in [1.807, 2.05) is 0 Å². The van der Waals surface area contributed by atoms with E-state index < -0.39 is 0 Å². The van der Waals surface area contributed by atoms with Gasteiger partial charge in [-0.05, 0) is 44.1 Å². The standard InChI is InChI=1S/C16H26N2O2/c19-14-11-16(7-2-1-3-8-16)12-15(20)18(14)10-6-13-5-4-9-17-13/h13,17H,1-12H2. The summed E-state index contributed by atoms with van der Waals surface area (Å²) in [6.07, 6.45) is 10.3. The molecule has 4 nitrogen and oxygen atoms in total. The third kappa shape index (κ3) is 2.90. The monoisotopic (exact) mass is 278 g/mol. The lowest BCUT2D eigenvalue weighted by molar-refractivity contribution is -0.154. The first-order valence-electron chi connectivity index (χ1n) is 8.25. The highest BCUT2D eigenvalue weighted by Crippen LogP contribution is 2.45. The topological polar surface area (TPSA) is 49.4 Å². The lowest BCUT2D eigenvalue weighted by Crippen LogP contribution is -2.49. The minimum Gasteiger partial charge on any atom is -0.314 e. The van der Waals surface area contributed by atoms with E-state index in [9.17, 15) is 9.59 Å². The molecule has 1 N–H and O–H groups in total. The van der Waals surface area contributed by atoms with E-state index in [1.54, 1.807) is 4.90 Å². The molecule has 3 fully saturated rings. The molecule has 0 radical (unpaired) electrons. The minimum absolute atomic E-state index is 0.0223. The van der Waals surface area contributed by atoms with Gasteiger partial charge in [-0.1, -0.05) is 19.3 Å². The Morgan fingerprint density at radius 2 is 1.75 bits per heavy atom. The first-order valence-corrected chi connectivity index (χ1v) is 8.25. The van der Waals surface area contributed by atoms with Gasteiger partial charge in [-0.15, -0.1) is 0 Å². The predicted octanol–water partition coefficient (Wildman–Crippen LogP) is 2.23. The van der Waals surface area contributed by atoms with Gasteiger partial charge in [0.25, 0.3) is 0 Å². The van der Waals surface area contributed by atoms with Crippen LogP contribution < -0.4 is 5.32 Å². The number of carbonyl (C=O) groups excluding carboxylic acids is 2. The van der Waals surface area contributed by atoms with Crippen LogP contribution in [0.15, 0.2) is 0 Å². The molecule has 2 heterocycles. The Labute approximate surface area is 121 Å². The SMILES string of the molecule is O=C1CC2(CCCCC2)CC(=O)N1CCC1CCCN1. The van der Waals surface area contributed by atoms with Crippen LogP contribution >= 0.6 is 0 Å². The average molecular weight is 278 g/mol. The summed E-state index contributed by atoms with van der Waals surface area (Å²) < 4.78 is 0. The third-order valence-electron chi connectivity index (χ3n) is 5.43. The third-order valence-corrected chi connectivity index (χ3v) is 5.43. The van der Waals surface area contributed by atoms with E-state index in [1.165, 1.54) is 32.1 Å². The lowest BCUT2D eigenvalue weighted by atomic mass is 9.67. The number of hydrogen-bond donors (Lipinski definition) is 1. The Kier molecular flexibility index (Phi) is 4.11. The van der Waals surface area contributed by atoms with Crippen LogP contribution in [-0.4, -0.2) is 35.8 Å². The molecule has 3 aliphatic rings. The van der Waals surface area contributed by atoms with Crippen molar-refractivity contribution >= 4 is 11.8 Å². The molecule has 0 aromatic heterocycles. The van der Waals surface area contributed by atoms with Gasteiger partial charge in [0.05, 0.1) is 0 Å². The van der Waals surface area contributed by atoms with Gasteiger partial charge >= 0.3 is 0 Å². The molecule has 1 spiro atoms. The summed E-state index contributed by atoms with van der Waals surface area (Å²) in [6, 6.07) is 0.501. The number of nitrogens with one attached hydrogen (secondary N) is 1. The number of rotatable bonds is 3. The van der Waals surface area contributed by atoms with Gasteiger partial charge in [0, 0.05) is 25.4 Å². The van der Waals surface area contributed by atoms with Crippen LogP contribution in [0.4, 0.5) is 0 Å². The molecule has 2 saturated heterocycles. The molecule has 1 atom stereocenters. The van der Waals surface area contributed by atoms with Crippen molar-refractivity contribution in [3.05, 3.63) is 0 Å². The largest absolute Gasteiger partial charge is 0.314 e. The average Bonchev–Trinajstić information content (AvgIpc) is 2.91. The van der Waals surface area contributed by atoms with Crippen molar-refractivity contribution < 1.29 is 9.59 Å². The Balaban J connectivity index is 1.57. The molecule has 0 bridgehead atoms. The maximum atomic E-state index is 12.4. The highest BCUT2D eigenvalue weighted by atomic mass is 16.2. The molecular weight excluding hydrogens is 252 g/mol. The Morgan fingerprint density at radius 1 is 1.05 bits per heavy atom. The molecule has 1 saturated carbocycles. The van der Waals surface area contributed by atoms with Crippen molar-refractivity contribution in [2.45, 2.75) is 70.3 Å². The maximum absolute atomic E-state index is 12.4. The highest BCUT2D eigenvalue weighted by molar-refractivity contribution is 5.98. The second-order valence-corrected chi connectivity index (χ2v) is 6.94. The van der Waals surface area contributed by atoms with Crippen LogP contribution in [0.5, 0.6) is 0 Å². The molecule has 112 valence electrons. The normalized spacial score (nSPS) is 30.2. The first kappa shape index (κ1) is 14.1. The van der Waals surface area contributed by atoms with Crippen molar-refractivity contribution in [3.63, 3.8) is 0 Å². The summed E-state index contributed by atoms with van der Waals surface area (Å²) in [4.78, 5) is 26.3. The summed E-state index contributed by atoms with van der Waals surface area (Å²) in [5.41, 5.74) is 0.0223. The van der Waals surface area contributed by atoms with Gasteiger partial charge < -0.3 is 5.32 Å². The van der Waals surface area contributed by atoms with Crippen LogP contribution in [0.25, 0.3) is 0 Å². The van der Waals surface area contributed by atoms with Crippen molar-refractivity contribution in [1.29, 1.82) is 0 Å². The molecule has 3 rings (SSSR count). The van der Waals surface area contributed by atoms with Gasteiger partial charge in [-0.2, -0.15) is 0 Å². The van der Waals surface area contributed by atoms with Crippen LogP contribution in [0.3, 0.4) is 0 Å². The fraction of sp³-hybridized carbons (Fsp3) is 0.875. The van der Waals surface area contributed by atoms with Gasteiger partial charge in [-0.25, -0.2) is 0 Å². The molecule has 4 heteroatoms. The van der Waals surface area contributed by atoms with E-state index >= 15 is 0 Å². The van der Waals surface area contributed by atoms with Gasteiger partial charge in [0.1, 0.15) is 0 Å². The highest BCUT2D eigenvalue weighted by Gasteiger charge is 2.43.